The fourth-order valence-electron chi connectivity index (χ4n) is 2.73. The average molecular weight is 400 g/mol. The summed E-state index contributed by atoms with van der Waals surface area (Å²) in [6, 6.07) is 0. The minimum Gasteiger partial charge on any atom is -0.324 e. The highest BCUT2D eigenvalue weighted by Crippen LogP contribution is 2.20. The van der Waals surface area contributed by atoms with E-state index in [4.69, 9.17) is 0 Å². The monoisotopic (exact) mass is 398 g/mol. The second-order valence-electron chi connectivity index (χ2n) is 5.83. The van der Waals surface area contributed by atoms with E-state index in [1.54, 1.807) is 0 Å². The van der Waals surface area contributed by atoms with E-state index < -0.39 is 0 Å². The molecule has 0 unspecified atom stereocenters. The highest BCUT2D eigenvalue weighted by Gasteiger charge is 2.25. The largest absolute Gasteiger partial charge is 0.324 e. The Hall–Kier alpha value is 0.920. The van der Waals surface area contributed by atoms with Crippen LogP contribution in [0, 0.1) is 0 Å². The van der Waals surface area contributed by atoms with Crippen molar-refractivity contribution in [1.29, 1.82) is 0 Å². The van der Waals surface area contributed by atoms with Crippen molar-refractivity contribution in [1.82, 2.24) is 0 Å². The molecule has 3 heteroatoms. The van der Waals surface area contributed by atoms with E-state index in [0.717, 1.165) is 0 Å². The Bertz CT molecular complexity index is 173. The molecule has 0 aliphatic rings. The number of unbranched alkanes of at least 4 members (excludes halogenated alkanes) is 3. The second-order valence-corrected chi connectivity index (χ2v) is 9.27. The maximum absolute atomic E-state index is 3.61. The van der Waals surface area contributed by atoms with Gasteiger partial charge >= 0.3 is 0 Å². The highest BCUT2D eigenvalue weighted by molar-refractivity contribution is 9.24. The molecular weight excluding hydrogens is 366 g/mol. The zero-order chi connectivity index (χ0) is 14.6. The molecule has 19 heavy (non-hydrogen) atoms. The van der Waals surface area contributed by atoms with Gasteiger partial charge in [-0.3, -0.25) is 0 Å². The first-order chi connectivity index (χ1) is 9.10. The lowest BCUT2D eigenvalue weighted by Crippen LogP contribution is -2.50. The molecule has 0 aliphatic carbocycles. The van der Waals surface area contributed by atoms with Crippen LogP contribution in [0.25, 0.3) is 0 Å². The van der Waals surface area contributed by atoms with Crippen LogP contribution in [0.4, 0.5) is 0 Å². The van der Waals surface area contributed by atoms with E-state index in [0.29, 0.717) is 3.74 Å². The van der Waals surface area contributed by atoms with E-state index >= 15 is 0 Å². The summed E-state index contributed by atoms with van der Waals surface area (Å²) in [5.41, 5.74) is 0. The van der Waals surface area contributed by atoms with Gasteiger partial charge in [0, 0.05) is 0 Å². The normalized spacial score (nSPS) is 12.3. The first kappa shape index (κ1) is 19.9. The molecule has 0 rings (SSSR count). The Morgan fingerprint density at radius 1 is 0.684 bits per heavy atom. The van der Waals surface area contributed by atoms with Gasteiger partial charge in [-0.1, -0.05) is 71.9 Å². The average Bonchev–Trinajstić information content (AvgIpc) is 2.39. The van der Waals surface area contributed by atoms with Crippen molar-refractivity contribution < 1.29 is 4.48 Å². The summed E-state index contributed by atoms with van der Waals surface area (Å²) in [5, 5.41) is 0. The van der Waals surface area contributed by atoms with Gasteiger partial charge in [-0.2, -0.15) is 0 Å². The number of hydrogen-bond donors (Lipinski definition) is 0. The predicted molar refractivity (Wildman–Crippen MR) is 95.3 cm³/mol. The van der Waals surface area contributed by atoms with Crippen molar-refractivity contribution in [3.63, 3.8) is 0 Å². The van der Waals surface area contributed by atoms with E-state index in [-0.39, 0.29) is 0 Å². The molecule has 0 bridgehead atoms. The van der Waals surface area contributed by atoms with E-state index in [1.807, 2.05) is 0 Å². The minimum absolute atomic E-state index is 0.491. The topological polar surface area (TPSA) is 0 Å². The van der Waals surface area contributed by atoms with Crippen LogP contribution >= 0.6 is 31.9 Å². The molecule has 0 amide bonds. The molecule has 0 saturated carbocycles. The summed E-state index contributed by atoms with van der Waals surface area (Å²) in [5.74, 6) is 0. The molecule has 1 nitrogen and oxygen atoms in total. The first-order valence-corrected chi connectivity index (χ1v) is 10.1. The molecule has 0 aromatic rings. The zero-order valence-corrected chi connectivity index (χ0v) is 16.4. The summed E-state index contributed by atoms with van der Waals surface area (Å²) in [6.07, 6.45) is 10.7. The van der Waals surface area contributed by atoms with E-state index in [1.165, 1.54) is 82.0 Å². The van der Waals surface area contributed by atoms with Crippen molar-refractivity contribution in [2.45, 2.75) is 75.9 Å². The van der Waals surface area contributed by atoms with Crippen LogP contribution in [0.5, 0.6) is 0 Å². The van der Waals surface area contributed by atoms with Crippen LogP contribution in [-0.4, -0.2) is 34.4 Å². The third-order valence-electron chi connectivity index (χ3n) is 4.01. The Balaban J connectivity index is 4.47. The first-order valence-electron chi connectivity index (χ1n) is 8.23. The highest BCUT2D eigenvalue weighted by atomic mass is 79.9. The Morgan fingerprint density at radius 2 is 1.05 bits per heavy atom. The van der Waals surface area contributed by atoms with Crippen LogP contribution in [-0.2, 0) is 0 Å². The lowest BCUT2D eigenvalue weighted by Gasteiger charge is -2.39. The molecule has 0 saturated heterocycles. The summed E-state index contributed by atoms with van der Waals surface area (Å²) in [6.45, 7) is 12.5. The van der Waals surface area contributed by atoms with Gasteiger partial charge in [0.25, 0.3) is 0 Å². The molecule has 0 radical (unpaired) electrons. The van der Waals surface area contributed by atoms with E-state index in [2.05, 4.69) is 52.6 Å². The van der Waals surface area contributed by atoms with Crippen LogP contribution in [0.2, 0.25) is 0 Å². The maximum Gasteiger partial charge on any atom is 0.0787 e. The summed E-state index contributed by atoms with van der Waals surface area (Å²) >= 11 is 7.22. The molecule has 116 valence electrons. The minimum atomic E-state index is 0.491. The molecule has 0 aliphatic heterocycles. The second kappa shape index (κ2) is 12.6. The zero-order valence-electron chi connectivity index (χ0n) is 13.3. The third kappa shape index (κ3) is 10.3. The number of halogens is 2. The van der Waals surface area contributed by atoms with Crippen LogP contribution in [0.1, 0.15) is 72.1 Å². The number of quaternary nitrogens is 1. The van der Waals surface area contributed by atoms with Gasteiger partial charge in [0.05, 0.1) is 29.9 Å². The van der Waals surface area contributed by atoms with Crippen molar-refractivity contribution in [3.05, 3.63) is 0 Å². The molecule has 0 N–H and O–H groups in total. The quantitative estimate of drug-likeness (QED) is 0.259. The van der Waals surface area contributed by atoms with Crippen molar-refractivity contribution >= 4 is 31.9 Å². The van der Waals surface area contributed by atoms with E-state index in [9.17, 15) is 0 Å². The Morgan fingerprint density at radius 3 is 1.37 bits per heavy atom. The van der Waals surface area contributed by atoms with Gasteiger partial charge < -0.3 is 4.48 Å². The molecule has 0 atom stereocenters. The predicted octanol–water partition coefficient (Wildman–Crippen LogP) is 6.10. The van der Waals surface area contributed by atoms with Crippen LogP contribution in [0.3, 0.4) is 0 Å². The van der Waals surface area contributed by atoms with Gasteiger partial charge in [0.1, 0.15) is 0 Å². The SMILES string of the molecule is CCCC[N+](CCCC)(CCCC)CCCC(Br)Br. The summed E-state index contributed by atoms with van der Waals surface area (Å²) < 4.78 is 1.87. The van der Waals surface area contributed by atoms with Gasteiger partial charge in [-0.15, -0.1) is 0 Å². The van der Waals surface area contributed by atoms with Gasteiger partial charge in [0.15, 0.2) is 0 Å². The van der Waals surface area contributed by atoms with Crippen molar-refractivity contribution in [2.24, 2.45) is 0 Å². The van der Waals surface area contributed by atoms with Crippen LogP contribution < -0.4 is 0 Å². The molecule has 0 spiro atoms. The summed E-state index contributed by atoms with van der Waals surface area (Å²) in [4.78, 5) is 0. The molecule has 0 heterocycles. The molecule has 0 aromatic carbocycles. The number of rotatable bonds is 13. The Labute approximate surface area is 138 Å². The molecular formula is C16H34Br2N+. The Kier molecular flexibility index (Phi) is 13.3. The third-order valence-corrected chi connectivity index (χ3v) is 4.93. The number of hydrogen-bond acceptors (Lipinski definition) is 0. The standard InChI is InChI=1S/C16H34Br2N/c1-4-7-12-19(13-8-5-2,14-9-6-3)15-10-11-16(17)18/h16H,4-15H2,1-3H3/q+1. The number of alkyl halides is 2. The van der Waals surface area contributed by atoms with Gasteiger partial charge in [0.2, 0.25) is 0 Å². The van der Waals surface area contributed by atoms with Gasteiger partial charge in [-0.25, -0.2) is 0 Å². The fraction of sp³-hybridized carbons (Fsp3) is 1.00. The lowest BCUT2D eigenvalue weighted by molar-refractivity contribution is -0.929. The maximum atomic E-state index is 3.61. The smallest absolute Gasteiger partial charge is 0.0787 e. The molecule has 0 fully saturated rings. The van der Waals surface area contributed by atoms with Crippen LogP contribution in [0.15, 0.2) is 0 Å². The summed E-state index contributed by atoms with van der Waals surface area (Å²) in [7, 11) is 0. The van der Waals surface area contributed by atoms with Crippen molar-refractivity contribution in [3.8, 4) is 0 Å². The number of nitrogens with zero attached hydrogens (tertiary/aromatic N) is 1. The fourth-order valence-corrected chi connectivity index (χ4v) is 3.38. The van der Waals surface area contributed by atoms with Crippen molar-refractivity contribution in [2.75, 3.05) is 26.2 Å². The van der Waals surface area contributed by atoms with Gasteiger partial charge in [-0.05, 0) is 32.1 Å². The lowest BCUT2D eigenvalue weighted by atomic mass is 10.1. The molecule has 0 aromatic heterocycles.